The molecule has 35 heavy (non-hydrogen) atoms. The Labute approximate surface area is 208 Å². The Morgan fingerprint density at radius 1 is 1.00 bits per heavy atom. The summed E-state index contributed by atoms with van der Waals surface area (Å²) in [4.78, 5) is 44.8. The minimum Gasteiger partial charge on any atom is -0.496 e. The Balaban J connectivity index is 1.34. The molecule has 0 unspecified atom stereocenters. The third kappa shape index (κ3) is 2.85. The number of H-pyrrole nitrogens is 1. The Hall–Kier alpha value is -2.91. The molecule has 2 aromatic carbocycles. The van der Waals surface area contributed by atoms with Crippen molar-refractivity contribution >= 4 is 40.6 Å². The van der Waals surface area contributed by atoms with Crippen LogP contribution in [-0.4, -0.2) is 29.2 Å². The molecule has 2 bridgehead atoms. The van der Waals surface area contributed by atoms with Gasteiger partial charge < -0.3 is 9.72 Å². The number of carbonyl (C=O) groups is 2. The van der Waals surface area contributed by atoms with Crippen LogP contribution in [0.4, 0.5) is 10.1 Å². The summed E-state index contributed by atoms with van der Waals surface area (Å²) in [5, 5.41) is 0.979. The number of halogens is 1. The first kappa shape index (κ1) is 21.4. The van der Waals surface area contributed by atoms with Crippen LogP contribution in [0.15, 0.2) is 58.4 Å². The van der Waals surface area contributed by atoms with Gasteiger partial charge in [-0.3, -0.25) is 19.3 Å². The number of aromatic amines is 1. The standard InChI is InChI=1S/C26H21FN2O4S2/c1-33-16-5-3-2-4-13(16)17-18-14-10-15(21(18)34-23-22(17)35-26(32)28-23)20-19(14)24(30)29(25(20)31)12-8-6-11(27)7-9-12/h2-9,14-15,17-21H,10H2,1H3,(H,28,32)/t14-,15-,17+,18+,19+,20+,21-/m1/s1. The minimum absolute atomic E-state index is 0.0182. The minimum atomic E-state index is -0.407. The van der Waals surface area contributed by atoms with Gasteiger partial charge in [0, 0.05) is 21.6 Å². The van der Waals surface area contributed by atoms with Crippen molar-refractivity contribution in [1.82, 2.24) is 4.98 Å². The number of anilines is 1. The number of amides is 2. The molecule has 3 fully saturated rings. The van der Waals surface area contributed by atoms with E-state index < -0.39 is 11.7 Å². The highest BCUT2D eigenvalue weighted by Gasteiger charge is 2.69. The Kier molecular flexibility index (Phi) is 4.61. The maximum absolute atomic E-state index is 13.7. The van der Waals surface area contributed by atoms with Crippen molar-refractivity contribution in [2.24, 2.45) is 29.6 Å². The number of rotatable bonds is 3. The zero-order valence-electron chi connectivity index (χ0n) is 18.6. The normalized spacial score (nSPS) is 32.5. The average molecular weight is 509 g/mol. The summed E-state index contributed by atoms with van der Waals surface area (Å²) < 4.78 is 19.2. The van der Waals surface area contributed by atoms with Crippen LogP contribution in [0.25, 0.3) is 0 Å². The lowest BCUT2D eigenvalue weighted by atomic mass is 9.68. The van der Waals surface area contributed by atoms with E-state index in [9.17, 15) is 18.8 Å². The van der Waals surface area contributed by atoms with Crippen LogP contribution < -0.4 is 14.5 Å². The average Bonchev–Trinajstić information content (AvgIpc) is 3.59. The van der Waals surface area contributed by atoms with E-state index in [0.717, 1.165) is 27.6 Å². The fourth-order valence-electron chi connectivity index (χ4n) is 7.13. The van der Waals surface area contributed by atoms with Crippen LogP contribution >= 0.6 is 23.1 Å². The maximum Gasteiger partial charge on any atom is 0.305 e. The number of nitrogens with one attached hydrogen (secondary N) is 1. The quantitative estimate of drug-likeness (QED) is 0.535. The van der Waals surface area contributed by atoms with E-state index >= 15 is 0 Å². The zero-order valence-corrected chi connectivity index (χ0v) is 20.3. The smallest absolute Gasteiger partial charge is 0.305 e. The van der Waals surface area contributed by atoms with Crippen LogP contribution in [0.3, 0.4) is 0 Å². The fraction of sp³-hybridized carbons (Fsp3) is 0.346. The molecule has 4 aliphatic rings. The molecule has 3 aromatic rings. The monoisotopic (exact) mass is 508 g/mol. The van der Waals surface area contributed by atoms with Crippen LogP contribution in [-0.2, 0) is 9.59 Å². The number of thioether (sulfide) groups is 1. The molecule has 2 amide bonds. The molecule has 2 aliphatic carbocycles. The van der Waals surface area contributed by atoms with Crippen molar-refractivity contribution in [3.8, 4) is 5.75 Å². The van der Waals surface area contributed by atoms with Crippen LogP contribution in [0.1, 0.15) is 22.8 Å². The van der Waals surface area contributed by atoms with Crippen molar-refractivity contribution in [2.45, 2.75) is 22.6 Å². The number of hydrogen-bond acceptors (Lipinski definition) is 6. The summed E-state index contributed by atoms with van der Waals surface area (Å²) in [6.07, 6.45) is 0.817. The molecule has 0 spiro atoms. The molecule has 1 saturated heterocycles. The number of methoxy groups -OCH3 is 1. The Morgan fingerprint density at radius 2 is 1.71 bits per heavy atom. The molecule has 2 aliphatic heterocycles. The molecule has 178 valence electrons. The van der Waals surface area contributed by atoms with Gasteiger partial charge in [0.15, 0.2) is 0 Å². The lowest BCUT2D eigenvalue weighted by Crippen LogP contribution is -2.42. The van der Waals surface area contributed by atoms with Crippen molar-refractivity contribution in [1.29, 1.82) is 0 Å². The molecule has 1 N–H and O–H groups in total. The van der Waals surface area contributed by atoms with Crippen molar-refractivity contribution < 1.29 is 18.7 Å². The highest BCUT2D eigenvalue weighted by atomic mass is 32.2. The SMILES string of the molecule is COc1ccccc1[C@@H]1c2sc(=O)[nH]c2S[C@@H]2[C@@H]3C[C@@H]([C@@H]4C(=O)N(c5ccc(F)cc5)C(=O)[C@@H]34)[C@@H]12. The number of benzene rings is 2. The first-order valence-corrected chi connectivity index (χ1v) is 13.3. The molecule has 9 heteroatoms. The molecule has 2 saturated carbocycles. The molecule has 1 aromatic heterocycles. The van der Waals surface area contributed by atoms with Crippen molar-refractivity contribution in [2.75, 3.05) is 12.0 Å². The topological polar surface area (TPSA) is 79.5 Å². The van der Waals surface area contributed by atoms with E-state index in [1.807, 2.05) is 24.3 Å². The third-order valence-electron chi connectivity index (χ3n) is 8.28. The summed E-state index contributed by atoms with van der Waals surface area (Å²) in [6.45, 7) is 0. The van der Waals surface area contributed by atoms with E-state index in [2.05, 4.69) is 4.98 Å². The number of imide groups is 1. The summed E-state index contributed by atoms with van der Waals surface area (Å²) in [5.41, 5.74) is 1.44. The highest BCUT2D eigenvalue weighted by Crippen LogP contribution is 2.69. The number of ether oxygens (including phenoxy) is 1. The first-order chi connectivity index (χ1) is 17.0. The molecular weight excluding hydrogens is 487 g/mol. The van der Waals surface area contributed by atoms with Gasteiger partial charge in [-0.1, -0.05) is 29.5 Å². The Bertz CT molecular complexity index is 1430. The summed E-state index contributed by atoms with van der Waals surface area (Å²) in [7, 11) is 1.64. The predicted molar refractivity (Wildman–Crippen MR) is 130 cm³/mol. The van der Waals surface area contributed by atoms with Crippen LogP contribution in [0.5, 0.6) is 5.75 Å². The molecule has 7 atom stereocenters. The fourth-order valence-corrected chi connectivity index (χ4v) is 10.0. The van der Waals surface area contributed by atoms with Gasteiger partial charge in [0.1, 0.15) is 11.6 Å². The van der Waals surface area contributed by atoms with Crippen LogP contribution in [0, 0.1) is 35.4 Å². The van der Waals surface area contributed by atoms with Gasteiger partial charge in [-0.15, -0.1) is 11.8 Å². The van der Waals surface area contributed by atoms with Gasteiger partial charge in [0.05, 0.1) is 29.7 Å². The molecule has 6 nitrogen and oxygen atoms in total. The second kappa shape index (κ2) is 7.54. The van der Waals surface area contributed by atoms with Crippen molar-refractivity contribution in [3.05, 3.63) is 74.5 Å². The lowest BCUT2D eigenvalue weighted by molar-refractivity contribution is -0.123. The lowest BCUT2D eigenvalue weighted by Gasteiger charge is -2.43. The summed E-state index contributed by atoms with van der Waals surface area (Å²) in [6, 6.07) is 13.4. The first-order valence-electron chi connectivity index (χ1n) is 11.6. The predicted octanol–water partition coefficient (Wildman–Crippen LogP) is 4.26. The highest BCUT2D eigenvalue weighted by molar-refractivity contribution is 8.00. The number of aromatic nitrogens is 1. The third-order valence-corrected chi connectivity index (χ3v) is 10.9. The summed E-state index contributed by atoms with van der Waals surface area (Å²) >= 11 is 2.89. The van der Waals surface area contributed by atoms with Gasteiger partial charge in [0.25, 0.3) is 0 Å². The summed E-state index contributed by atoms with van der Waals surface area (Å²) in [5.74, 6) is -0.718. The number of carbonyl (C=O) groups excluding carboxylic acids is 2. The second-order valence-electron chi connectivity index (χ2n) is 9.69. The number of para-hydroxylation sites is 1. The maximum atomic E-state index is 13.7. The van der Waals surface area contributed by atoms with E-state index in [1.165, 1.54) is 40.5 Å². The number of thiazole rings is 1. The van der Waals surface area contributed by atoms with Gasteiger partial charge in [-0.2, -0.15) is 0 Å². The molecule has 7 rings (SSSR count). The van der Waals surface area contributed by atoms with Gasteiger partial charge in [-0.25, -0.2) is 4.39 Å². The second-order valence-corrected chi connectivity index (χ2v) is 11.9. The van der Waals surface area contributed by atoms with E-state index in [-0.39, 0.29) is 51.5 Å². The van der Waals surface area contributed by atoms with Gasteiger partial charge in [-0.05, 0) is 54.5 Å². The van der Waals surface area contributed by atoms with Crippen LogP contribution in [0.2, 0.25) is 0 Å². The van der Waals surface area contributed by atoms with Gasteiger partial charge in [0.2, 0.25) is 11.8 Å². The Morgan fingerprint density at radius 3 is 2.46 bits per heavy atom. The molecule has 3 heterocycles. The zero-order chi connectivity index (χ0) is 24.0. The van der Waals surface area contributed by atoms with E-state index in [4.69, 9.17) is 4.74 Å². The van der Waals surface area contributed by atoms with E-state index in [0.29, 0.717) is 5.69 Å². The van der Waals surface area contributed by atoms with E-state index in [1.54, 1.807) is 18.9 Å². The number of fused-ring (bicyclic) bond motifs is 9. The number of hydrogen-bond donors (Lipinski definition) is 1. The van der Waals surface area contributed by atoms with Gasteiger partial charge >= 0.3 is 4.87 Å². The largest absolute Gasteiger partial charge is 0.496 e. The molecule has 0 radical (unpaired) electrons. The number of nitrogens with zero attached hydrogens (tertiary/aromatic N) is 1. The van der Waals surface area contributed by atoms with Crippen molar-refractivity contribution in [3.63, 3.8) is 0 Å². The molecular formula is C26H21FN2O4S2.